The van der Waals surface area contributed by atoms with Gasteiger partial charge in [0.1, 0.15) is 5.56 Å². The van der Waals surface area contributed by atoms with E-state index in [9.17, 15) is 9.59 Å². The van der Waals surface area contributed by atoms with E-state index in [4.69, 9.17) is 0 Å². The van der Waals surface area contributed by atoms with Crippen molar-refractivity contribution in [3.63, 3.8) is 0 Å². The number of carbonyl (C=O) groups excluding carboxylic acids is 1. The average molecular weight is 220 g/mol. The summed E-state index contributed by atoms with van der Waals surface area (Å²) in [5.74, 6) is -0.288. The molecule has 4 heteroatoms. The molecule has 0 saturated carbocycles. The van der Waals surface area contributed by atoms with Crippen molar-refractivity contribution in [3.8, 4) is 0 Å². The maximum absolute atomic E-state index is 11.9. The van der Waals surface area contributed by atoms with E-state index in [1.54, 1.807) is 14.0 Å². The third kappa shape index (κ3) is 2.82. The van der Waals surface area contributed by atoms with Crippen molar-refractivity contribution >= 4 is 5.91 Å². The van der Waals surface area contributed by atoms with Crippen molar-refractivity contribution in [1.29, 1.82) is 0 Å². The van der Waals surface area contributed by atoms with Crippen molar-refractivity contribution in [1.82, 2.24) is 9.88 Å². The molecule has 0 fully saturated rings. The first-order valence-electron chi connectivity index (χ1n) is 5.01. The van der Waals surface area contributed by atoms with Gasteiger partial charge in [0.25, 0.3) is 5.91 Å². The molecule has 4 nitrogen and oxygen atoms in total. The lowest BCUT2D eigenvalue weighted by molar-refractivity contribution is 0.0805. The Bertz CT molecular complexity index is 474. The molecule has 1 N–H and O–H groups in total. The second-order valence-corrected chi connectivity index (χ2v) is 4.01. The van der Waals surface area contributed by atoms with Gasteiger partial charge in [-0.1, -0.05) is 12.2 Å². The smallest absolute Gasteiger partial charge is 0.259 e. The van der Waals surface area contributed by atoms with Gasteiger partial charge in [0.05, 0.1) is 0 Å². The number of pyridine rings is 1. The van der Waals surface area contributed by atoms with E-state index in [1.165, 1.54) is 17.2 Å². The Labute approximate surface area is 94.6 Å². The standard InChI is InChI=1S/C12H16N2O2/c1-8(2)7-14(4)12(16)10-6-13-9(3)5-11(10)15/h5-6H,1,7H2,2-4H3,(H,13,15). The fourth-order valence-corrected chi connectivity index (χ4v) is 1.42. The predicted octanol–water partition coefficient (Wildman–Crippen LogP) is 1.33. The number of aromatic amines is 1. The number of aryl methyl sites for hydroxylation is 1. The quantitative estimate of drug-likeness (QED) is 0.781. The summed E-state index contributed by atoms with van der Waals surface area (Å²) in [5, 5.41) is 0. The minimum Gasteiger partial charge on any atom is -0.364 e. The molecule has 0 radical (unpaired) electrons. The number of carbonyl (C=O) groups is 1. The van der Waals surface area contributed by atoms with Crippen LogP contribution in [-0.2, 0) is 0 Å². The molecule has 1 aromatic heterocycles. The molecule has 0 saturated heterocycles. The second-order valence-electron chi connectivity index (χ2n) is 4.01. The number of nitrogens with one attached hydrogen (secondary N) is 1. The van der Waals surface area contributed by atoms with Gasteiger partial charge < -0.3 is 9.88 Å². The van der Waals surface area contributed by atoms with E-state index in [0.29, 0.717) is 6.54 Å². The van der Waals surface area contributed by atoms with Gasteiger partial charge >= 0.3 is 0 Å². The highest BCUT2D eigenvalue weighted by molar-refractivity contribution is 5.93. The van der Waals surface area contributed by atoms with E-state index in [1.807, 2.05) is 6.92 Å². The zero-order valence-electron chi connectivity index (χ0n) is 9.83. The molecule has 16 heavy (non-hydrogen) atoms. The minimum atomic E-state index is -0.288. The van der Waals surface area contributed by atoms with Crippen molar-refractivity contribution in [2.45, 2.75) is 13.8 Å². The van der Waals surface area contributed by atoms with Gasteiger partial charge in [-0.05, 0) is 13.8 Å². The average Bonchev–Trinajstić information content (AvgIpc) is 2.15. The summed E-state index contributed by atoms with van der Waals surface area (Å²) in [6, 6.07) is 1.42. The summed E-state index contributed by atoms with van der Waals surface area (Å²) in [5.41, 5.74) is 1.52. The maximum Gasteiger partial charge on any atom is 0.259 e. The first-order valence-corrected chi connectivity index (χ1v) is 5.01. The maximum atomic E-state index is 11.9. The summed E-state index contributed by atoms with van der Waals surface area (Å²) >= 11 is 0. The summed E-state index contributed by atoms with van der Waals surface area (Å²) in [6.45, 7) is 7.79. The fourth-order valence-electron chi connectivity index (χ4n) is 1.42. The number of H-pyrrole nitrogens is 1. The number of likely N-dealkylation sites (N-methyl/N-ethyl adjacent to an activating group) is 1. The largest absolute Gasteiger partial charge is 0.364 e. The van der Waals surface area contributed by atoms with Crippen LogP contribution in [0.15, 0.2) is 29.2 Å². The van der Waals surface area contributed by atoms with Crippen LogP contribution in [0.25, 0.3) is 0 Å². The van der Waals surface area contributed by atoms with Gasteiger partial charge in [-0.3, -0.25) is 9.59 Å². The molecular weight excluding hydrogens is 204 g/mol. The minimum absolute atomic E-state index is 0.161. The van der Waals surface area contributed by atoms with Crippen LogP contribution in [0.4, 0.5) is 0 Å². The van der Waals surface area contributed by atoms with E-state index in [2.05, 4.69) is 11.6 Å². The van der Waals surface area contributed by atoms with Gasteiger partial charge in [-0.25, -0.2) is 0 Å². The Kier molecular flexibility index (Phi) is 3.66. The van der Waals surface area contributed by atoms with E-state index in [-0.39, 0.29) is 16.9 Å². The van der Waals surface area contributed by atoms with Crippen LogP contribution in [0.1, 0.15) is 23.0 Å². The number of rotatable bonds is 3. The number of hydrogen-bond acceptors (Lipinski definition) is 2. The molecule has 0 aromatic carbocycles. The first kappa shape index (κ1) is 12.2. The SMILES string of the molecule is C=C(C)CN(C)C(=O)c1c[nH]c(C)cc1=O. The molecule has 1 aromatic rings. The van der Waals surface area contributed by atoms with E-state index in [0.717, 1.165) is 11.3 Å². The van der Waals surface area contributed by atoms with Crippen LogP contribution in [0.5, 0.6) is 0 Å². The molecular formula is C12H16N2O2. The molecule has 0 aliphatic heterocycles. The second kappa shape index (κ2) is 4.79. The number of nitrogens with zero attached hydrogens (tertiary/aromatic N) is 1. The van der Waals surface area contributed by atoms with E-state index < -0.39 is 0 Å². The Balaban J connectivity index is 2.97. The Morgan fingerprint density at radius 2 is 2.19 bits per heavy atom. The highest BCUT2D eigenvalue weighted by Gasteiger charge is 2.14. The summed E-state index contributed by atoms with van der Waals surface area (Å²) in [7, 11) is 1.65. The lowest BCUT2D eigenvalue weighted by atomic mass is 10.2. The van der Waals surface area contributed by atoms with Gasteiger partial charge in [0.2, 0.25) is 0 Å². The molecule has 86 valence electrons. The Hall–Kier alpha value is -1.84. The van der Waals surface area contributed by atoms with Crippen molar-refractivity contribution < 1.29 is 4.79 Å². The molecule has 0 bridgehead atoms. The molecule has 0 atom stereocenters. The molecule has 1 heterocycles. The van der Waals surface area contributed by atoms with Crippen molar-refractivity contribution in [2.24, 2.45) is 0 Å². The third-order valence-electron chi connectivity index (χ3n) is 2.14. The summed E-state index contributed by atoms with van der Waals surface area (Å²) in [4.78, 5) is 27.8. The van der Waals surface area contributed by atoms with Gasteiger partial charge in [0, 0.05) is 31.5 Å². The zero-order valence-corrected chi connectivity index (χ0v) is 9.83. The fraction of sp³-hybridized carbons (Fsp3) is 0.333. The number of aromatic nitrogens is 1. The van der Waals surface area contributed by atoms with Crippen LogP contribution in [-0.4, -0.2) is 29.4 Å². The molecule has 0 aliphatic rings. The van der Waals surface area contributed by atoms with Gasteiger partial charge in [-0.15, -0.1) is 0 Å². The normalized spacial score (nSPS) is 9.94. The molecule has 0 spiro atoms. The van der Waals surface area contributed by atoms with Crippen LogP contribution < -0.4 is 5.43 Å². The predicted molar refractivity (Wildman–Crippen MR) is 63.6 cm³/mol. The van der Waals surface area contributed by atoms with Crippen LogP contribution in [0.3, 0.4) is 0 Å². The lowest BCUT2D eigenvalue weighted by Gasteiger charge is -2.16. The van der Waals surface area contributed by atoms with E-state index >= 15 is 0 Å². The van der Waals surface area contributed by atoms with Crippen LogP contribution >= 0.6 is 0 Å². The summed E-state index contributed by atoms with van der Waals surface area (Å²) < 4.78 is 0. The van der Waals surface area contributed by atoms with Gasteiger partial charge in [-0.2, -0.15) is 0 Å². The molecule has 1 rings (SSSR count). The molecule has 1 amide bonds. The summed E-state index contributed by atoms with van der Waals surface area (Å²) in [6.07, 6.45) is 1.45. The number of amides is 1. The topological polar surface area (TPSA) is 53.2 Å². The van der Waals surface area contributed by atoms with Crippen molar-refractivity contribution in [3.05, 3.63) is 45.9 Å². The molecule has 0 aliphatic carbocycles. The first-order chi connectivity index (χ1) is 7.41. The Morgan fingerprint density at radius 1 is 1.56 bits per heavy atom. The van der Waals surface area contributed by atoms with Crippen molar-refractivity contribution in [2.75, 3.05) is 13.6 Å². The highest BCUT2D eigenvalue weighted by atomic mass is 16.2. The number of hydrogen-bond donors (Lipinski definition) is 1. The monoisotopic (exact) mass is 220 g/mol. The highest BCUT2D eigenvalue weighted by Crippen LogP contribution is 2.00. The molecule has 0 unspecified atom stereocenters. The Morgan fingerprint density at radius 3 is 2.69 bits per heavy atom. The van der Waals surface area contributed by atoms with Crippen LogP contribution in [0.2, 0.25) is 0 Å². The van der Waals surface area contributed by atoms with Crippen LogP contribution in [0, 0.1) is 6.92 Å². The zero-order chi connectivity index (χ0) is 12.3. The third-order valence-corrected chi connectivity index (χ3v) is 2.14. The lowest BCUT2D eigenvalue weighted by Crippen LogP contribution is -2.32. The van der Waals surface area contributed by atoms with Gasteiger partial charge in [0.15, 0.2) is 5.43 Å².